The van der Waals surface area contributed by atoms with Gasteiger partial charge in [-0.15, -0.1) is 0 Å². The summed E-state index contributed by atoms with van der Waals surface area (Å²) in [6.07, 6.45) is 4.24. The van der Waals surface area contributed by atoms with Crippen molar-refractivity contribution < 1.29 is 9.53 Å². The highest BCUT2D eigenvalue weighted by Gasteiger charge is 2.14. The number of benzene rings is 2. The first-order chi connectivity index (χ1) is 12.2. The Kier molecular flexibility index (Phi) is 5.83. The van der Waals surface area contributed by atoms with Crippen LogP contribution in [0.25, 0.3) is 11.1 Å². The Balaban J connectivity index is 1.57. The number of rotatable bonds is 5. The van der Waals surface area contributed by atoms with Crippen LogP contribution in [0.5, 0.6) is 5.75 Å². The molecule has 0 spiro atoms. The van der Waals surface area contributed by atoms with Gasteiger partial charge >= 0.3 is 0 Å². The van der Waals surface area contributed by atoms with Gasteiger partial charge < -0.3 is 4.74 Å². The monoisotopic (exact) mass is 336 g/mol. The lowest BCUT2D eigenvalue weighted by atomic mass is 9.90. The number of hydrazone groups is 1. The van der Waals surface area contributed by atoms with E-state index in [0.717, 1.165) is 48.4 Å². The molecule has 0 unspecified atom stereocenters. The summed E-state index contributed by atoms with van der Waals surface area (Å²) in [6.45, 7) is 2.21. The van der Waals surface area contributed by atoms with Gasteiger partial charge in [-0.3, -0.25) is 4.79 Å². The average Bonchev–Trinajstić information content (AvgIpc) is 2.67. The van der Waals surface area contributed by atoms with Crippen molar-refractivity contribution in [2.45, 2.75) is 32.6 Å². The topological polar surface area (TPSA) is 50.7 Å². The Bertz CT molecular complexity index is 731. The van der Waals surface area contributed by atoms with E-state index in [0.29, 0.717) is 5.75 Å². The number of carbonyl (C=O) groups is 1. The highest BCUT2D eigenvalue weighted by molar-refractivity contribution is 5.87. The Morgan fingerprint density at radius 1 is 1.08 bits per heavy atom. The van der Waals surface area contributed by atoms with Crippen molar-refractivity contribution in [2.24, 2.45) is 11.0 Å². The van der Waals surface area contributed by atoms with E-state index in [1.54, 1.807) is 0 Å². The summed E-state index contributed by atoms with van der Waals surface area (Å²) in [7, 11) is 0. The first-order valence-electron chi connectivity index (χ1n) is 8.84. The molecule has 0 aliphatic heterocycles. The van der Waals surface area contributed by atoms with E-state index in [-0.39, 0.29) is 12.5 Å². The SMILES string of the molecule is CC1CCC(=NNC(=O)COc2ccccc2-c2ccccc2)CC1. The van der Waals surface area contributed by atoms with E-state index in [1.807, 2.05) is 54.6 Å². The minimum Gasteiger partial charge on any atom is -0.483 e. The summed E-state index contributed by atoms with van der Waals surface area (Å²) in [6, 6.07) is 17.7. The predicted molar refractivity (Wildman–Crippen MR) is 101 cm³/mol. The fraction of sp³-hybridized carbons (Fsp3) is 0.333. The standard InChI is InChI=1S/C21H24N2O2/c1-16-11-13-18(14-12-16)22-23-21(24)15-25-20-10-6-5-9-19(20)17-7-3-2-4-8-17/h2-10,16H,11-15H2,1H3,(H,23,24). The molecule has 0 bridgehead atoms. The summed E-state index contributed by atoms with van der Waals surface area (Å²) in [4.78, 5) is 12.0. The second-order valence-electron chi connectivity index (χ2n) is 6.55. The Labute approximate surface area is 148 Å². The third kappa shape index (κ3) is 4.92. The lowest BCUT2D eigenvalue weighted by Crippen LogP contribution is -2.26. The van der Waals surface area contributed by atoms with Gasteiger partial charge in [-0.25, -0.2) is 5.43 Å². The lowest BCUT2D eigenvalue weighted by Gasteiger charge is -2.18. The first kappa shape index (κ1) is 17.2. The minimum absolute atomic E-state index is 0.0446. The normalized spacial score (nSPS) is 17.0. The number of hydrogen-bond acceptors (Lipinski definition) is 3. The van der Waals surface area contributed by atoms with Crippen LogP contribution in [-0.2, 0) is 4.79 Å². The molecule has 1 fully saturated rings. The number of ether oxygens (including phenoxy) is 1. The van der Waals surface area contributed by atoms with Gasteiger partial charge in [0.2, 0.25) is 0 Å². The van der Waals surface area contributed by atoms with Crippen LogP contribution in [0, 0.1) is 5.92 Å². The van der Waals surface area contributed by atoms with Crippen LogP contribution < -0.4 is 10.2 Å². The first-order valence-corrected chi connectivity index (χ1v) is 8.84. The molecule has 2 aromatic rings. The fourth-order valence-corrected chi connectivity index (χ4v) is 2.97. The van der Waals surface area contributed by atoms with Gasteiger partial charge in [0.15, 0.2) is 6.61 Å². The lowest BCUT2D eigenvalue weighted by molar-refractivity contribution is -0.123. The van der Waals surface area contributed by atoms with Gasteiger partial charge in [0.05, 0.1) is 0 Å². The van der Waals surface area contributed by atoms with Crippen molar-refractivity contribution in [1.29, 1.82) is 0 Å². The summed E-state index contributed by atoms with van der Waals surface area (Å²) >= 11 is 0. The number of nitrogens with zero attached hydrogens (tertiary/aromatic N) is 1. The Morgan fingerprint density at radius 2 is 1.76 bits per heavy atom. The van der Waals surface area contributed by atoms with E-state index in [9.17, 15) is 4.79 Å². The summed E-state index contributed by atoms with van der Waals surface area (Å²) < 4.78 is 5.73. The maximum absolute atomic E-state index is 12.0. The highest BCUT2D eigenvalue weighted by Crippen LogP contribution is 2.29. The largest absolute Gasteiger partial charge is 0.483 e. The third-order valence-electron chi connectivity index (χ3n) is 4.52. The molecule has 0 heterocycles. The number of amides is 1. The molecule has 0 aromatic heterocycles. The van der Waals surface area contributed by atoms with E-state index < -0.39 is 0 Å². The van der Waals surface area contributed by atoms with Crippen molar-refractivity contribution >= 4 is 11.6 Å². The van der Waals surface area contributed by atoms with Gasteiger partial charge in [0, 0.05) is 11.3 Å². The number of para-hydroxylation sites is 1. The Hall–Kier alpha value is -2.62. The molecule has 4 heteroatoms. The fourth-order valence-electron chi connectivity index (χ4n) is 2.97. The Morgan fingerprint density at radius 3 is 2.52 bits per heavy atom. The third-order valence-corrected chi connectivity index (χ3v) is 4.52. The molecule has 1 aliphatic carbocycles. The molecule has 1 saturated carbocycles. The van der Waals surface area contributed by atoms with Gasteiger partial charge in [-0.1, -0.05) is 55.5 Å². The van der Waals surface area contributed by atoms with Gasteiger partial charge in [0.25, 0.3) is 5.91 Å². The van der Waals surface area contributed by atoms with E-state index in [4.69, 9.17) is 4.74 Å². The maximum atomic E-state index is 12.0. The molecule has 4 nitrogen and oxygen atoms in total. The highest BCUT2D eigenvalue weighted by atomic mass is 16.5. The van der Waals surface area contributed by atoms with Crippen LogP contribution in [-0.4, -0.2) is 18.2 Å². The van der Waals surface area contributed by atoms with Crippen molar-refractivity contribution in [2.75, 3.05) is 6.61 Å². The zero-order valence-corrected chi connectivity index (χ0v) is 14.6. The minimum atomic E-state index is -0.228. The van der Waals surface area contributed by atoms with Crippen LogP contribution in [0.4, 0.5) is 0 Å². The van der Waals surface area contributed by atoms with E-state index in [2.05, 4.69) is 17.5 Å². The molecule has 0 saturated heterocycles. The molecule has 0 radical (unpaired) electrons. The van der Waals surface area contributed by atoms with Crippen molar-refractivity contribution in [1.82, 2.24) is 5.43 Å². The smallest absolute Gasteiger partial charge is 0.277 e. The number of carbonyl (C=O) groups excluding carboxylic acids is 1. The average molecular weight is 336 g/mol. The molecule has 130 valence electrons. The van der Waals surface area contributed by atoms with Crippen molar-refractivity contribution in [3.63, 3.8) is 0 Å². The van der Waals surface area contributed by atoms with Crippen molar-refractivity contribution in [3.8, 4) is 16.9 Å². The molecule has 1 amide bonds. The van der Waals surface area contributed by atoms with E-state index >= 15 is 0 Å². The zero-order valence-electron chi connectivity index (χ0n) is 14.6. The van der Waals surface area contributed by atoms with Gasteiger partial charge in [-0.2, -0.15) is 5.10 Å². The summed E-state index contributed by atoms with van der Waals surface area (Å²) in [5, 5.41) is 4.25. The molecule has 3 rings (SSSR count). The van der Waals surface area contributed by atoms with Gasteiger partial charge in [0.1, 0.15) is 5.75 Å². The molecular weight excluding hydrogens is 312 g/mol. The van der Waals surface area contributed by atoms with Crippen molar-refractivity contribution in [3.05, 3.63) is 54.6 Å². The van der Waals surface area contributed by atoms with Crippen LogP contribution in [0.3, 0.4) is 0 Å². The predicted octanol–water partition coefficient (Wildman–Crippen LogP) is 4.41. The maximum Gasteiger partial charge on any atom is 0.277 e. The second kappa shape index (κ2) is 8.47. The molecule has 1 aliphatic rings. The second-order valence-corrected chi connectivity index (χ2v) is 6.55. The molecular formula is C21H24N2O2. The van der Waals surface area contributed by atoms with Gasteiger partial charge in [-0.05, 0) is 43.2 Å². The molecule has 1 N–H and O–H groups in total. The molecule has 25 heavy (non-hydrogen) atoms. The van der Waals surface area contributed by atoms with Crippen LogP contribution in [0.2, 0.25) is 0 Å². The zero-order chi connectivity index (χ0) is 17.5. The number of hydrogen-bond donors (Lipinski definition) is 1. The van der Waals surface area contributed by atoms with Crippen LogP contribution in [0.15, 0.2) is 59.7 Å². The van der Waals surface area contributed by atoms with Crippen LogP contribution in [0.1, 0.15) is 32.6 Å². The van der Waals surface area contributed by atoms with Crippen LogP contribution >= 0.6 is 0 Å². The molecule has 2 aromatic carbocycles. The van der Waals surface area contributed by atoms with E-state index in [1.165, 1.54) is 0 Å². The summed E-state index contributed by atoms with van der Waals surface area (Å²) in [5.41, 5.74) is 5.74. The molecule has 0 atom stereocenters. The summed E-state index contributed by atoms with van der Waals surface area (Å²) in [5.74, 6) is 1.23. The number of nitrogens with one attached hydrogen (secondary N) is 1. The quantitative estimate of drug-likeness (QED) is 0.822.